The first kappa shape index (κ1) is 9.98. The molecule has 5 heteroatoms. The molecule has 1 atom stereocenters. The first-order valence-corrected chi connectivity index (χ1v) is 4.44. The molecule has 0 aromatic carbocycles. The van der Waals surface area contributed by atoms with Gasteiger partial charge in [0.2, 0.25) is 11.8 Å². The summed E-state index contributed by atoms with van der Waals surface area (Å²) in [7, 11) is 0. The molecule has 0 aromatic heterocycles. The van der Waals surface area contributed by atoms with Gasteiger partial charge in [-0.15, -0.1) is 0 Å². The van der Waals surface area contributed by atoms with Crippen LogP contribution in [0.1, 0.15) is 19.3 Å². The number of amides is 2. The molecule has 1 heterocycles. The van der Waals surface area contributed by atoms with E-state index in [-0.39, 0.29) is 17.9 Å². The van der Waals surface area contributed by atoms with Crippen molar-refractivity contribution in [1.82, 2.24) is 4.90 Å². The molecule has 1 unspecified atom stereocenters. The highest BCUT2D eigenvalue weighted by Crippen LogP contribution is 2.09. The second kappa shape index (κ2) is 4.23. The van der Waals surface area contributed by atoms with Crippen LogP contribution in [0.25, 0.3) is 0 Å². The van der Waals surface area contributed by atoms with Crippen LogP contribution in [-0.4, -0.2) is 35.8 Å². The van der Waals surface area contributed by atoms with Gasteiger partial charge in [0.25, 0.3) is 0 Å². The van der Waals surface area contributed by atoms with Crippen molar-refractivity contribution in [2.45, 2.75) is 25.3 Å². The summed E-state index contributed by atoms with van der Waals surface area (Å²) in [4.78, 5) is 23.4. The van der Waals surface area contributed by atoms with Crippen molar-refractivity contribution in [3.05, 3.63) is 0 Å². The third kappa shape index (κ3) is 2.69. The molecular formula is C8H15N3O2. The normalized spacial score (nSPS) is 22.4. The Morgan fingerprint density at radius 2 is 2.31 bits per heavy atom. The second-order valence-electron chi connectivity index (χ2n) is 3.29. The molecule has 1 saturated heterocycles. The second-order valence-corrected chi connectivity index (χ2v) is 3.29. The van der Waals surface area contributed by atoms with Crippen molar-refractivity contribution in [3.8, 4) is 0 Å². The van der Waals surface area contributed by atoms with Gasteiger partial charge in [-0.05, 0) is 12.8 Å². The zero-order valence-electron chi connectivity index (χ0n) is 7.53. The molecule has 13 heavy (non-hydrogen) atoms. The lowest BCUT2D eigenvalue weighted by atomic mass is 10.3. The van der Waals surface area contributed by atoms with Crippen LogP contribution in [0, 0.1) is 0 Å². The predicted molar refractivity (Wildman–Crippen MR) is 47.6 cm³/mol. The fourth-order valence-corrected chi connectivity index (χ4v) is 1.43. The Kier molecular flexibility index (Phi) is 3.25. The van der Waals surface area contributed by atoms with E-state index in [9.17, 15) is 9.59 Å². The molecule has 1 fully saturated rings. The van der Waals surface area contributed by atoms with Crippen molar-refractivity contribution in [2.75, 3.05) is 13.1 Å². The zero-order chi connectivity index (χ0) is 9.84. The van der Waals surface area contributed by atoms with E-state index in [0.29, 0.717) is 25.9 Å². The zero-order valence-corrected chi connectivity index (χ0v) is 7.53. The lowest BCUT2D eigenvalue weighted by molar-refractivity contribution is -0.129. The molecule has 1 aliphatic heterocycles. The Bertz CT molecular complexity index is 217. The van der Waals surface area contributed by atoms with Crippen molar-refractivity contribution in [2.24, 2.45) is 11.5 Å². The molecule has 0 spiro atoms. The van der Waals surface area contributed by atoms with E-state index in [0.717, 1.165) is 6.42 Å². The van der Waals surface area contributed by atoms with E-state index in [2.05, 4.69) is 0 Å². The van der Waals surface area contributed by atoms with Crippen LogP contribution in [0.15, 0.2) is 0 Å². The summed E-state index contributed by atoms with van der Waals surface area (Å²) >= 11 is 0. The fourth-order valence-electron chi connectivity index (χ4n) is 1.43. The van der Waals surface area contributed by atoms with Gasteiger partial charge in [0.1, 0.15) is 0 Å². The number of nitrogens with zero attached hydrogens (tertiary/aromatic N) is 1. The quantitative estimate of drug-likeness (QED) is 0.577. The molecule has 0 radical (unpaired) electrons. The number of nitrogens with two attached hydrogens (primary N) is 2. The smallest absolute Gasteiger partial charge is 0.239 e. The van der Waals surface area contributed by atoms with E-state index < -0.39 is 0 Å². The highest BCUT2D eigenvalue weighted by molar-refractivity contribution is 5.83. The maximum atomic E-state index is 11.3. The van der Waals surface area contributed by atoms with Gasteiger partial charge in [-0.1, -0.05) is 0 Å². The Morgan fingerprint density at radius 3 is 2.77 bits per heavy atom. The number of carbonyl (C=O) groups excluding carboxylic acids is 2. The molecule has 0 aliphatic carbocycles. The minimum atomic E-state index is -0.339. The first-order chi connectivity index (χ1) is 6.11. The van der Waals surface area contributed by atoms with E-state index in [1.54, 1.807) is 4.90 Å². The summed E-state index contributed by atoms with van der Waals surface area (Å²) < 4.78 is 0. The van der Waals surface area contributed by atoms with Gasteiger partial charge in [0.15, 0.2) is 0 Å². The van der Waals surface area contributed by atoms with Gasteiger partial charge in [-0.2, -0.15) is 0 Å². The molecule has 0 aromatic rings. The third-order valence-corrected chi connectivity index (χ3v) is 2.19. The van der Waals surface area contributed by atoms with Crippen molar-refractivity contribution < 1.29 is 9.59 Å². The van der Waals surface area contributed by atoms with Crippen LogP contribution in [0.4, 0.5) is 0 Å². The van der Waals surface area contributed by atoms with E-state index in [1.807, 2.05) is 0 Å². The fraction of sp³-hybridized carbons (Fsp3) is 0.750. The molecule has 2 amide bonds. The van der Waals surface area contributed by atoms with Crippen LogP contribution in [-0.2, 0) is 9.59 Å². The molecule has 1 rings (SSSR count). The van der Waals surface area contributed by atoms with Gasteiger partial charge in [-0.25, -0.2) is 0 Å². The van der Waals surface area contributed by atoms with E-state index in [1.165, 1.54) is 0 Å². The lowest BCUT2D eigenvalue weighted by Gasteiger charge is -2.14. The summed E-state index contributed by atoms with van der Waals surface area (Å²) in [6.07, 6.45) is 1.68. The monoisotopic (exact) mass is 185 g/mol. The number of carbonyl (C=O) groups is 2. The molecule has 4 N–H and O–H groups in total. The summed E-state index contributed by atoms with van der Waals surface area (Å²) in [6.45, 7) is 1.30. The van der Waals surface area contributed by atoms with Crippen molar-refractivity contribution in [1.29, 1.82) is 0 Å². The molecule has 1 aliphatic rings. The van der Waals surface area contributed by atoms with Crippen molar-refractivity contribution >= 4 is 11.8 Å². The van der Waals surface area contributed by atoms with Gasteiger partial charge < -0.3 is 16.4 Å². The van der Waals surface area contributed by atoms with Gasteiger partial charge in [0, 0.05) is 19.5 Å². The van der Waals surface area contributed by atoms with Crippen LogP contribution in [0.3, 0.4) is 0 Å². The number of likely N-dealkylation sites (tertiary alicyclic amines) is 1. The molecule has 74 valence electrons. The maximum absolute atomic E-state index is 11.3. The summed E-state index contributed by atoms with van der Waals surface area (Å²) in [6, 6.07) is -0.339. The highest BCUT2D eigenvalue weighted by Gasteiger charge is 2.27. The van der Waals surface area contributed by atoms with E-state index >= 15 is 0 Å². The maximum Gasteiger partial charge on any atom is 0.239 e. The Morgan fingerprint density at radius 1 is 1.62 bits per heavy atom. The Balaban J connectivity index is 2.23. The topological polar surface area (TPSA) is 89.4 Å². The lowest BCUT2D eigenvalue weighted by Crippen LogP contribution is -2.34. The average molecular weight is 185 g/mol. The number of hydrogen-bond donors (Lipinski definition) is 2. The minimum Gasteiger partial charge on any atom is -0.370 e. The summed E-state index contributed by atoms with van der Waals surface area (Å²) in [5.74, 6) is -0.333. The van der Waals surface area contributed by atoms with E-state index in [4.69, 9.17) is 11.5 Å². The summed E-state index contributed by atoms with van der Waals surface area (Å²) in [5.41, 5.74) is 10.5. The molecular weight excluding hydrogens is 170 g/mol. The van der Waals surface area contributed by atoms with Gasteiger partial charge in [0.05, 0.1) is 6.04 Å². The standard InChI is InChI=1S/C8H15N3O2/c9-6-3-5-11(8(6)13)4-1-2-7(10)12/h6H,1-5,9H2,(H2,10,12). The molecule has 5 nitrogen and oxygen atoms in total. The number of hydrogen-bond acceptors (Lipinski definition) is 3. The number of rotatable bonds is 4. The summed E-state index contributed by atoms with van der Waals surface area (Å²) in [5, 5.41) is 0. The Hall–Kier alpha value is -1.10. The van der Waals surface area contributed by atoms with Crippen molar-refractivity contribution in [3.63, 3.8) is 0 Å². The molecule has 0 saturated carbocycles. The predicted octanol–water partition coefficient (Wildman–Crippen LogP) is -1.19. The van der Waals surface area contributed by atoms with Crippen LogP contribution < -0.4 is 11.5 Å². The number of primary amides is 1. The molecule has 0 bridgehead atoms. The SMILES string of the molecule is NC(=O)CCCN1CCC(N)C1=O. The van der Waals surface area contributed by atoms with Crippen LogP contribution in [0.5, 0.6) is 0 Å². The Labute approximate surface area is 77.1 Å². The highest BCUT2D eigenvalue weighted by atomic mass is 16.2. The third-order valence-electron chi connectivity index (χ3n) is 2.19. The average Bonchev–Trinajstić information content (AvgIpc) is 2.35. The largest absolute Gasteiger partial charge is 0.370 e. The van der Waals surface area contributed by atoms with Gasteiger partial charge >= 0.3 is 0 Å². The first-order valence-electron chi connectivity index (χ1n) is 4.44. The van der Waals surface area contributed by atoms with Crippen LogP contribution >= 0.6 is 0 Å². The van der Waals surface area contributed by atoms with Crippen LogP contribution in [0.2, 0.25) is 0 Å². The van der Waals surface area contributed by atoms with Gasteiger partial charge in [-0.3, -0.25) is 9.59 Å². The minimum absolute atomic E-state index is 0.00975.